The fourth-order valence-corrected chi connectivity index (χ4v) is 1.45. The molecule has 0 amide bonds. The van der Waals surface area contributed by atoms with E-state index in [9.17, 15) is 0 Å². The number of likely N-dealkylation sites (N-methyl/N-ethyl adjacent to an activating group) is 1. The van der Waals surface area contributed by atoms with Crippen molar-refractivity contribution in [2.75, 3.05) is 19.6 Å². The van der Waals surface area contributed by atoms with Gasteiger partial charge in [0.25, 0.3) is 0 Å². The summed E-state index contributed by atoms with van der Waals surface area (Å²) in [4.78, 5) is 2.47. The molecule has 0 saturated carbocycles. The smallest absolute Gasteiger partial charge is 0.0519 e. The van der Waals surface area contributed by atoms with Crippen molar-refractivity contribution in [3.8, 4) is 0 Å². The molecule has 0 spiro atoms. The SMILES string of the molecule is CCCN(CC)CCc1cn[nH]c1. The first kappa shape index (κ1) is 10.3. The number of aromatic amines is 1. The number of hydrogen-bond acceptors (Lipinski definition) is 2. The predicted octanol–water partition coefficient (Wildman–Crippen LogP) is 1.68. The molecule has 1 aromatic rings. The lowest BCUT2D eigenvalue weighted by atomic mass is 10.2. The van der Waals surface area contributed by atoms with Crippen LogP contribution in [0.4, 0.5) is 0 Å². The molecule has 0 radical (unpaired) electrons. The van der Waals surface area contributed by atoms with Crippen LogP contribution in [-0.4, -0.2) is 34.7 Å². The molecule has 74 valence electrons. The summed E-state index contributed by atoms with van der Waals surface area (Å²) >= 11 is 0. The van der Waals surface area contributed by atoms with Crippen molar-refractivity contribution < 1.29 is 0 Å². The standard InChI is InChI=1S/C10H19N3/c1-3-6-13(4-2)7-5-10-8-11-12-9-10/h8-9H,3-7H2,1-2H3,(H,11,12). The number of H-pyrrole nitrogens is 1. The Balaban J connectivity index is 2.23. The summed E-state index contributed by atoms with van der Waals surface area (Å²) in [5.74, 6) is 0. The van der Waals surface area contributed by atoms with Gasteiger partial charge in [-0.3, -0.25) is 5.10 Å². The van der Waals surface area contributed by atoms with E-state index >= 15 is 0 Å². The summed E-state index contributed by atoms with van der Waals surface area (Å²) in [7, 11) is 0. The normalized spacial score (nSPS) is 11.0. The molecule has 0 bridgehead atoms. The summed E-state index contributed by atoms with van der Waals surface area (Å²) in [5.41, 5.74) is 1.30. The zero-order valence-electron chi connectivity index (χ0n) is 8.58. The second-order valence-electron chi connectivity index (χ2n) is 3.29. The maximum atomic E-state index is 3.93. The Morgan fingerprint density at radius 2 is 2.23 bits per heavy atom. The Morgan fingerprint density at radius 3 is 2.77 bits per heavy atom. The molecule has 3 nitrogen and oxygen atoms in total. The maximum absolute atomic E-state index is 3.93. The number of aromatic nitrogens is 2. The molecule has 13 heavy (non-hydrogen) atoms. The monoisotopic (exact) mass is 181 g/mol. The highest BCUT2D eigenvalue weighted by Gasteiger charge is 2.01. The van der Waals surface area contributed by atoms with Gasteiger partial charge in [-0.25, -0.2) is 0 Å². The molecule has 0 unspecified atom stereocenters. The highest BCUT2D eigenvalue weighted by atomic mass is 15.1. The summed E-state index contributed by atoms with van der Waals surface area (Å²) in [6.07, 6.45) is 6.21. The molecule has 1 aromatic heterocycles. The van der Waals surface area contributed by atoms with Gasteiger partial charge in [0.1, 0.15) is 0 Å². The average Bonchev–Trinajstić information content (AvgIpc) is 2.64. The van der Waals surface area contributed by atoms with E-state index in [0.717, 1.165) is 19.5 Å². The lowest BCUT2D eigenvalue weighted by molar-refractivity contribution is 0.292. The predicted molar refractivity (Wildman–Crippen MR) is 54.7 cm³/mol. The van der Waals surface area contributed by atoms with Crippen LogP contribution >= 0.6 is 0 Å². The molecular weight excluding hydrogens is 162 g/mol. The molecular formula is C10H19N3. The van der Waals surface area contributed by atoms with Crippen LogP contribution in [0.5, 0.6) is 0 Å². The quantitative estimate of drug-likeness (QED) is 0.724. The average molecular weight is 181 g/mol. The summed E-state index contributed by atoms with van der Waals surface area (Å²) in [6, 6.07) is 0. The van der Waals surface area contributed by atoms with E-state index in [1.807, 2.05) is 12.4 Å². The van der Waals surface area contributed by atoms with E-state index in [1.54, 1.807) is 0 Å². The molecule has 0 aliphatic rings. The van der Waals surface area contributed by atoms with Crippen LogP contribution in [0.15, 0.2) is 12.4 Å². The molecule has 0 aliphatic carbocycles. The van der Waals surface area contributed by atoms with Crippen molar-refractivity contribution in [1.82, 2.24) is 15.1 Å². The van der Waals surface area contributed by atoms with Gasteiger partial charge in [0.2, 0.25) is 0 Å². The molecule has 0 fully saturated rings. The molecule has 0 aliphatic heterocycles. The Kier molecular flexibility index (Phi) is 4.54. The van der Waals surface area contributed by atoms with Crippen LogP contribution in [0.2, 0.25) is 0 Å². The van der Waals surface area contributed by atoms with Crippen LogP contribution in [0.25, 0.3) is 0 Å². The molecule has 3 heteroatoms. The molecule has 1 rings (SSSR count). The van der Waals surface area contributed by atoms with Gasteiger partial charge in [0.15, 0.2) is 0 Å². The van der Waals surface area contributed by atoms with Crippen LogP contribution < -0.4 is 0 Å². The van der Waals surface area contributed by atoms with Crippen molar-refractivity contribution >= 4 is 0 Å². The lowest BCUT2D eigenvalue weighted by Crippen LogP contribution is -2.26. The lowest BCUT2D eigenvalue weighted by Gasteiger charge is -2.18. The van der Waals surface area contributed by atoms with Crippen molar-refractivity contribution in [2.45, 2.75) is 26.7 Å². The number of nitrogens with one attached hydrogen (secondary N) is 1. The van der Waals surface area contributed by atoms with E-state index in [4.69, 9.17) is 0 Å². The van der Waals surface area contributed by atoms with Gasteiger partial charge in [-0.1, -0.05) is 13.8 Å². The van der Waals surface area contributed by atoms with E-state index in [0.29, 0.717) is 0 Å². The van der Waals surface area contributed by atoms with Gasteiger partial charge in [0.05, 0.1) is 6.20 Å². The second kappa shape index (κ2) is 5.75. The van der Waals surface area contributed by atoms with Crippen molar-refractivity contribution in [3.05, 3.63) is 18.0 Å². The van der Waals surface area contributed by atoms with Crippen LogP contribution in [0, 0.1) is 0 Å². The number of hydrogen-bond donors (Lipinski definition) is 1. The minimum Gasteiger partial charge on any atom is -0.303 e. The summed E-state index contributed by atoms with van der Waals surface area (Å²) in [5, 5.41) is 6.76. The minimum atomic E-state index is 1.10. The fourth-order valence-electron chi connectivity index (χ4n) is 1.45. The van der Waals surface area contributed by atoms with E-state index in [-0.39, 0.29) is 0 Å². The third-order valence-corrected chi connectivity index (χ3v) is 2.26. The molecule has 0 atom stereocenters. The Hall–Kier alpha value is -0.830. The first-order chi connectivity index (χ1) is 6.36. The maximum Gasteiger partial charge on any atom is 0.0519 e. The Labute approximate surface area is 80.1 Å². The zero-order chi connectivity index (χ0) is 9.52. The first-order valence-corrected chi connectivity index (χ1v) is 5.06. The van der Waals surface area contributed by atoms with Crippen LogP contribution in [-0.2, 0) is 6.42 Å². The van der Waals surface area contributed by atoms with Crippen LogP contribution in [0.3, 0.4) is 0 Å². The van der Waals surface area contributed by atoms with Gasteiger partial charge in [-0.2, -0.15) is 5.10 Å². The third-order valence-electron chi connectivity index (χ3n) is 2.26. The molecule has 0 aromatic carbocycles. The van der Waals surface area contributed by atoms with Crippen molar-refractivity contribution in [1.29, 1.82) is 0 Å². The van der Waals surface area contributed by atoms with Gasteiger partial charge < -0.3 is 4.90 Å². The number of nitrogens with zero attached hydrogens (tertiary/aromatic N) is 2. The highest BCUT2D eigenvalue weighted by Crippen LogP contribution is 1.98. The second-order valence-corrected chi connectivity index (χ2v) is 3.29. The number of rotatable bonds is 6. The minimum absolute atomic E-state index is 1.10. The summed E-state index contributed by atoms with van der Waals surface area (Å²) < 4.78 is 0. The fraction of sp³-hybridized carbons (Fsp3) is 0.700. The molecule has 1 N–H and O–H groups in total. The van der Waals surface area contributed by atoms with Gasteiger partial charge in [-0.15, -0.1) is 0 Å². The van der Waals surface area contributed by atoms with Crippen LogP contribution in [0.1, 0.15) is 25.8 Å². The third kappa shape index (κ3) is 3.59. The van der Waals surface area contributed by atoms with Gasteiger partial charge in [0, 0.05) is 12.7 Å². The Bertz CT molecular complexity index is 206. The van der Waals surface area contributed by atoms with Crippen molar-refractivity contribution in [2.24, 2.45) is 0 Å². The summed E-state index contributed by atoms with van der Waals surface area (Å²) in [6.45, 7) is 7.93. The van der Waals surface area contributed by atoms with Gasteiger partial charge in [-0.05, 0) is 31.5 Å². The first-order valence-electron chi connectivity index (χ1n) is 5.06. The van der Waals surface area contributed by atoms with E-state index in [2.05, 4.69) is 28.9 Å². The van der Waals surface area contributed by atoms with Crippen molar-refractivity contribution in [3.63, 3.8) is 0 Å². The van der Waals surface area contributed by atoms with Gasteiger partial charge >= 0.3 is 0 Å². The highest BCUT2D eigenvalue weighted by molar-refractivity contribution is 5.02. The largest absolute Gasteiger partial charge is 0.303 e. The zero-order valence-corrected chi connectivity index (χ0v) is 8.58. The molecule has 0 saturated heterocycles. The van der Waals surface area contributed by atoms with E-state index < -0.39 is 0 Å². The molecule has 1 heterocycles. The van der Waals surface area contributed by atoms with E-state index in [1.165, 1.54) is 18.5 Å². The topological polar surface area (TPSA) is 31.9 Å². The Morgan fingerprint density at radius 1 is 1.38 bits per heavy atom.